The summed E-state index contributed by atoms with van der Waals surface area (Å²) >= 11 is 0. The van der Waals surface area contributed by atoms with Crippen LogP contribution in [-0.4, -0.2) is 25.5 Å². The van der Waals surface area contributed by atoms with E-state index in [0.717, 1.165) is 104 Å². The minimum absolute atomic E-state index is 0.334. The number of fused-ring (bicyclic) bond motifs is 4. The smallest absolute Gasteiger partial charge is 0.434 e. The van der Waals surface area contributed by atoms with Gasteiger partial charge >= 0.3 is 12.3 Å². The van der Waals surface area contributed by atoms with Crippen molar-refractivity contribution in [3.8, 4) is 22.6 Å². The molecule has 0 aliphatic carbocycles. The summed E-state index contributed by atoms with van der Waals surface area (Å²) in [5.41, 5.74) is 4.16. The van der Waals surface area contributed by atoms with E-state index in [9.17, 15) is 9.59 Å². The van der Waals surface area contributed by atoms with Gasteiger partial charge in [0.25, 0.3) is 0 Å². The summed E-state index contributed by atoms with van der Waals surface area (Å²) in [6.07, 6.45) is 22.9. The van der Waals surface area contributed by atoms with Crippen molar-refractivity contribution in [3.05, 3.63) is 96.1 Å². The molecule has 6 aromatic rings. The fourth-order valence-corrected chi connectivity index (χ4v) is 9.19. The number of ether oxygens (including phenoxy) is 4. The number of aryl methyl sites for hydroxylation is 2. The van der Waals surface area contributed by atoms with Crippen molar-refractivity contribution in [1.82, 2.24) is 0 Å². The Balaban J connectivity index is 1.25. The second-order valence-electron chi connectivity index (χ2n) is 17.3. The highest BCUT2D eigenvalue weighted by Crippen LogP contribution is 2.51. The third kappa shape index (κ3) is 12.1. The SMILES string of the molecule is CCCCCCCCCCCCOC(=O)Oc1c2ccccc2c(-c2c3ccccc3c(OC(=O)OCCCCCCCCCCCC)c3cccc(C)c23)c2c(C)cccc12. The Morgan fingerprint density at radius 2 is 0.677 bits per heavy atom. The standard InChI is InChI=1S/C56H70O6/c1-5-7-9-11-13-15-17-19-21-27-39-59-55(57)61-53-45-35-25-23-33-43(45)51(49-41(3)31-29-37-47(49)53)52-44-34-24-26-36-46(44)54(48-38-30-32-42(4)50(48)52)62-56(58)60-40-28-22-20-18-16-14-12-10-8-6-2/h23-26,29-38H,5-22,27-28,39-40H2,1-4H3. The summed E-state index contributed by atoms with van der Waals surface area (Å²) < 4.78 is 23.8. The van der Waals surface area contributed by atoms with Crippen molar-refractivity contribution in [2.24, 2.45) is 0 Å². The molecule has 6 rings (SSSR count). The van der Waals surface area contributed by atoms with Gasteiger partial charge in [0.05, 0.1) is 13.2 Å². The maximum absolute atomic E-state index is 13.4. The van der Waals surface area contributed by atoms with Crippen LogP contribution >= 0.6 is 0 Å². The van der Waals surface area contributed by atoms with Crippen molar-refractivity contribution in [2.75, 3.05) is 13.2 Å². The van der Waals surface area contributed by atoms with Gasteiger partial charge in [0, 0.05) is 21.5 Å². The molecule has 6 aromatic carbocycles. The average molecular weight is 839 g/mol. The van der Waals surface area contributed by atoms with Gasteiger partial charge in [-0.2, -0.15) is 0 Å². The molecule has 0 amide bonds. The second kappa shape index (κ2) is 24.5. The first-order valence-corrected chi connectivity index (χ1v) is 24.0. The minimum Gasteiger partial charge on any atom is -0.434 e. The highest BCUT2D eigenvalue weighted by Gasteiger charge is 2.26. The molecule has 6 heteroatoms. The van der Waals surface area contributed by atoms with Crippen LogP contribution in [0.5, 0.6) is 11.5 Å². The van der Waals surface area contributed by atoms with E-state index < -0.39 is 12.3 Å². The molecule has 0 aliphatic heterocycles. The van der Waals surface area contributed by atoms with Crippen molar-refractivity contribution in [2.45, 2.75) is 156 Å². The van der Waals surface area contributed by atoms with Crippen molar-refractivity contribution < 1.29 is 28.5 Å². The van der Waals surface area contributed by atoms with E-state index >= 15 is 0 Å². The molecular formula is C56H70O6. The van der Waals surface area contributed by atoms with Gasteiger partial charge in [-0.25, -0.2) is 9.59 Å². The Bertz CT molecular complexity index is 2210. The molecule has 0 unspecified atom stereocenters. The van der Waals surface area contributed by atoms with Gasteiger partial charge in [0.15, 0.2) is 0 Å². The fourth-order valence-electron chi connectivity index (χ4n) is 9.19. The maximum Gasteiger partial charge on any atom is 0.513 e. The molecular weight excluding hydrogens is 769 g/mol. The highest BCUT2D eigenvalue weighted by molar-refractivity contribution is 6.27. The summed E-state index contributed by atoms with van der Waals surface area (Å²) in [4.78, 5) is 26.8. The molecule has 0 saturated carbocycles. The van der Waals surface area contributed by atoms with Gasteiger partial charge in [0.2, 0.25) is 0 Å². The molecule has 0 N–H and O–H groups in total. The lowest BCUT2D eigenvalue weighted by molar-refractivity contribution is 0.0972. The predicted octanol–water partition coefficient (Wildman–Crippen LogP) is 17.5. The third-order valence-electron chi connectivity index (χ3n) is 12.5. The van der Waals surface area contributed by atoms with E-state index in [0.29, 0.717) is 24.7 Å². The first-order chi connectivity index (χ1) is 30.4. The Morgan fingerprint density at radius 3 is 1.03 bits per heavy atom. The topological polar surface area (TPSA) is 71.1 Å². The normalized spacial score (nSPS) is 11.5. The molecule has 0 fully saturated rings. The Kier molecular flexibility index (Phi) is 18.3. The molecule has 0 saturated heterocycles. The van der Waals surface area contributed by atoms with Gasteiger partial charge < -0.3 is 18.9 Å². The lowest BCUT2D eigenvalue weighted by atomic mass is 9.83. The maximum atomic E-state index is 13.4. The number of rotatable bonds is 25. The summed E-state index contributed by atoms with van der Waals surface area (Å²) in [6.45, 7) is 9.38. The molecule has 0 bridgehead atoms. The number of benzene rings is 6. The largest absolute Gasteiger partial charge is 0.513 e. The minimum atomic E-state index is -0.685. The van der Waals surface area contributed by atoms with E-state index in [4.69, 9.17) is 18.9 Å². The van der Waals surface area contributed by atoms with Crippen LogP contribution in [0.4, 0.5) is 9.59 Å². The molecule has 0 aromatic heterocycles. The van der Waals surface area contributed by atoms with Gasteiger partial charge in [-0.05, 0) is 70.5 Å². The quantitative estimate of drug-likeness (QED) is 0.0247. The van der Waals surface area contributed by atoms with Crippen LogP contribution in [-0.2, 0) is 9.47 Å². The van der Waals surface area contributed by atoms with Crippen molar-refractivity contribution >= 4 is 55.4 Å². The zero-order valence-electron chi connectivity index (χ0n) is 38.1. The van der Waals surface area contributed by atoms with Gasteiger partial charge in [-0.3, -0.25) is 0 Å². The monoisotopic (exact) mass is 839 g/mol. The highest BCUT2D eigenvalue weighted by atomic mass is 16.7. The van der Waals surface area contributed by atoms with Gasteiger partial charge in [-0.1, -0.05) is 214 Å². The van der Waals surface area contributed by atoms with Crippen LogP contribution in [0.25, 0.3) is 54.2 Å². The van der Waals surface area contributed by atoms with Crippen LogP contribution in [0.2, 0.25) is 0 Å². The Morgan fingerprint density at radius 1 is 0.371 bits per heavy atom. The number of carbonyl (C=O) groups is 2. The van der Waals surface area contributed by atoms with E-state index in [1.807, 2.05) is 60.7 Å². The third-order valence-corrected chi connectivity index (χ3v) is 12.5. The molecule has 0 heterocycles. The molecule has 62 heavy (non-hydrogen) atoms. The first kappa shape index (κ1) is 46.4. The molecule has 0 spiro atoms. The number of hydrogen-bond acceptors (Lipinski definition) is 6. The molecule has 0 atom stereocenters. The molecule has 0 aliphatic rings. The fraction of sp³-hybridized carbons (Fsp3) is 0.464. The Hall–Kier alpha value is -5.10. The summed E-state index contributed by atoms with van der Waals surface area (Å²) in [6, 6.07) is 28.6. The predicted molar refractivity (Wildman–Crippen MR) is 259 cm³/mol. The van der Waals surface area contributed by atoms with Crippen molar-refractivity contribution in [1.29, 1.82) is 0 Å². The number of hydrogen-bond donors (Lipinski definition) is 0. The van der Waals surface area contributed by atoms with Crippen LogP contribution in [0.3, 0.4) is 0 Å². The molecule has 6 nitrogen and oxygen atoms in total. The zero-order valence-corrected chi connectivity index (χ0v) is 38.1. The number of unbranched alkanes of at least 4 members (excludes halogenated alkanes) is 18. The van der Waals surface area contributed by atoms with Gasteiger partial charge in [0.1, 0.15) is 11.5 Å². The zero-order chi connectivity index (χ0) is 43.5. The van der Waals surface area contributed by atoms with Crippen LogP contribution in [0, 0.1) is 13.8 Å². The van der Waals surface area contributed by atoms with E-state index in [1.165, 1.54) is 89.9 Å². The number of carbonyl (C=O) groups excluding carboxylic acids is 2. The Labute approximate surface area is 370 Å². The first-order valence-electron chi connectivity index (χ1n) is 24.0. The van der Waals surface area contributed by atoms with E-state index in [2.05, 4.69) is 52.0 Å². The van der Waals surface area contributed by atoms with Crippen LogP contribution in [0.15, 0.2) is 84.9 Å². The van der Waals surface area contributed by atoms with Crippen molar-refractivity contribution in [3.63, 3.8) is 0 Å². The molecule has 330 valence electrons. The van der Waals surface area contributed by atoms with Crippen LogP contribution < -0.4 is 9.47 Å². The van der Waals surface area contributed by atoms with Gasteiger partial charge in [-0.15, -0.1) is 0 Å². The van der Waals surface area contributed by atoms with E-state index in [1.54, 1.807) is 0 Å². The lowest BCUT2D eigenvalue weighted by Gasteiger charge is -2.22. The van der Waals surface area contributed by atoms with Crippen LogP contribution in [0.1, 0.15) is 153 Å². The lowest BCUT2D eigenvalue weighted by Crippen LogP contribution is -2.12. The second-order valence-corrected chi connectivity index (χ2v) is 17.3. The summed E-state index contributed by atoms with van der Waals surface area (Å²) in [5, 5.41) is 7.17. The summed E-state index contributed by atoms with van der Waals surface area (Å²) in [7, 11) is 0. The summed E-state index contributed by atoms with van der Waals surface area (Å²) in [5.74, 6) is 0.984. The molecule has 0 radical (unpaired) electrons. The average Bonchev–Trinajstić information content (AvgIpc) is 3.28. The van der Waals surface area contributed by atoms with E-state index in [-0.39, 0.29) is 0 Å².